The number of nitrogens with one attached hydrogen (secondary N) is 4. The number of imidazole rings is 1. The van der Waals surface area contributed by atoms with Gasteiger partial charge in [-0.3, -0.25) is 28.8 Å². The fourth-order valence-corrected chi connectivity index (χ4v) is 2.77. The second kappa shape index (κ2) is 13.2. The molecule has 17 heteroatoms. The number of nitrogens with zero attached hydrogens (tertiary/aromatic N) is 1. The van der Waals surface area contributed by atoms with E-state index in [0.29, 0.717) is 5.69 Å². The smallest absolute Gasteiger partial charge is 0.326 e. The molecule has 0 aromatic carbocycles. The highest BCUT2D eigenvalue weighted by Crippen LogP contribution is 2.02. The van der Waals surface area contributed by atoms with E-state index in [0.717, 1.165) is 0 Å². The Kier molecular flexibility index (Phi) is 10.8. The van der Waals surface area contributed by atoms with E-state index in [4.69, 9.17) is 28.0 Å². The first-order valence-corrected chi connectivity index (χ1v) is 10.0. The van der Waals surface area contributed by atoms with Crippen LogP contribution in [0.2, 0.25) is 0 Å². The van der Waals surface area contributed by atoms with Crippen molar-refractivity contribution in [3.05, 3.63) is 18.2 Å². The number of aromatic amines is 1. The number of carboxylic acid groups (broad SMARTS) is 1. The van der Waals surface area contributed by atoms with Crippen molar-refractivity contribution in [2.75, 3.05) is 0 Å². The molecule has 0 aliphatic carbocycles. The van der Waals surface area contributed by atoms with Gasteiger partial charge in [0.1, 0.15) is 18.1 Å². The predicted octanol–water partition coefficient (Wildman–Crippen LogP) is -5.56. The third kappa shape index (κ3) is 10.3. The average molecular weight is 497 g/mol. The lowest BCUT2D eigenvalue weighted by atomic mass is 10.1. The van der Waals surface area contributed by atoms with Gasteiger partial charge in [-0.25, -0.2) is 9.78 Å². The van der Waals surface area contributed by atoms with Crippen molar-refractivity contribution in [3.8, 4) is 0 Å². The molecule has 0 spiro atoms. The minimum Gasteiger partial charge on any atom is -0.480 e. The van der Waals surface area contributed by atoms with Gasteiger partial charge in [-0.05, 0) is 0 Å². The first-order valence-electron chi connectivity index (χ1n) is 10.0. The van der Waals surface area contributed by atoms with Gasteiger partial charge in [-0.15, -0.1) is 0 Å². The molecule has 0 radical (unpaired) electrons. The number of rotatable bonds is 15. The number of carbonyl (C=O) groups is 7. The SMILES string of the molecule is NC(=O)CC(NC(=O)C(CC(N)=O)NC(=O)C(CC(N)=O)NC(=O)C(N)Cc1cnc[nH]1)C(=O)O. The molecule has 35 heavy (non-hydrogen) atoms. The van der Waals surface area contributed by atoms with E-state index >= 15 is 0 Å². The number of hydrogen-bond donors (Lipinski definition) is 9. The van der Waals surface area contributed by atoms with Crippen molar-refractivity contribution in [3.63, 3.8) is 0 Å². The van der Waals surface area contributed by atoms with Crippen LogP contribution in [-0.4, -0.2) is 80.7 Å². The molecule has 0 aliphatic rings. The monoisotopic (exact) mass is 497 g/mol. The molecule has 1 aromatic rings. The number of amides is 6. The third-order valence-electron chi connectivity index (χ3n) is 4.43. The van der Waals surface area contributed by atoms with Gasteiger partial charge in [-0.1, -0.05) is 0 Å². The second-order valence-corrected chi connectivity index (χ2v) is 7.42. The summed E-state index contributed by atoms with van der Waals surface area (Å²) in [5, 5.41) is 15.4. The van der Waals surface area contributed by atoms with E-state index in [1.54, 1.807) is 0 Å². The van der Waals surface area contributed by atoms with Crippen LogP contribution in [0.1, 0.15) is 25.0 Å². The summed E-state index contributed by atoms with van der Waals surface area (Å²) < 4.78 is 0. The molecule has 1 aromatic heterocycles. The minimum atomic E-state index is -1.76. The van der Waals surface area contributed by atoms with Crippen molar-refractivity contribution in [2.24, 2.45) is 22.9 Å². The normalized spacial score (nSPS) is 14.0. The second-order valence-electron chi connectivity index (χ2n) is 7.42. The Morgan fingerprint density at radius 3 is 1.63 bits per heavy atom. The molecule has 17 nitrogen and oxygen atoms in total. The minimum absolute atomic E-state index is 0.0138. The van der Waals surface area contributed by atoms with Crippen molar-refractivity contribution in [1.29, 1.82) is 0 Å². The van der Waals surface area contributed by atoms with Crippen molar-refractivity contribution < 1.29 is 38.7 Å². The molecular formula is C18H27N9O8. The zero-order chi connectivity index (χ0) is 26.7. The Morgan fingerprint density at radius 1 is 0.800 bits per heavy atom. The molecule has 6 amide bonds. The van der Waals surface area contributed by atoms with E-state index in [-0.39, 0.29) is 6.42 Å². The molecule has 4 unspecified atom stereocenters. The lowest BCUT2D eigenvalue weighted by molar-refractivity contribution is -0.144. The maximum absolute atomic E-state index is 12.7. The van der Waals surface area contributed by atoms with Gasteiger partial charge >= 0.3 is 5.97 Å². The number of nitrogens with two attached hydrogens (primary N) is 4. The van der Waals surface area contributed by atoms with Crippen LogP contribution in [0.4, 0.5) is 0 Å². The van der Waals surface area contributed by atoms with Crippen LogP contribution in [0.15, 0.2) is 12.5 Å². The summed E-state index contributed by atoms with van der Waals surface area (Å²) in [5.41, 5.74) is 21.5. The summed E-state index contributed by atoms with van der Waals surface area (Å²) in [7, 11) is 0. The summed E-state index contributed by atoms with van der Waals surface area (Å²) in [6, 6.07) is -6.24. The fourth-order valence-electron chi connectivity index (χ4n) is 2.77. The van der Waals surface area contributed by atoms with Gasteiger partial charge in [0.05, 0.1) is 31.6 Å². The molecule has 1 rings (SSSR count). The first-order chi connectivity index (χ1) is 16.3. The maximum Gasteiger partial charge on any atom is 0.326 e. The summed E-state index contributed by atoms with van der Waals surface area (Å²) in [6.07, 6.45) is 0.560. The fraction of sp³-hybridized carbons (Fsp3) is 0.444. The van der Waals surface area contributed by atoms with Crippen LogP contribution in [0, 0.1) is 0 Å². The van der Waals surface area contributed by atoms with E-state index in [9.17, 15) is 33.6 Å². The molecule has 13 N–H and O–H groups in total. The quantitative estimate of drug-likeness (QED) is 0.111. The van der Waals surface area contributed by atoms with Gasteiger partial charge in [0.15, 0.2) is 0 Å². The zero-order valence-electron chi connectivity index (χ0n) is 18.4. The number of carbonyl (C=O) groups excluding carboxylic acids is 6. The Hall–Kier alpha value is -4.54. The Balaban J connectivity index is 2.97. The summed E-state index contributed by atoms with van der Waals surface area (Å²) in [5.74, 6) is -7.83. The first kappa shape index (κ1) is 28.5. The number of aromatic nitrogens is 2. The highest BCUT2D eigenvalue weighted by atomic mass is 16.4. The number of aliphatic carboxylic acids is 1. The Labute approximate surface area is 197 Å². The number of primary amides is 3. The van der Waals surface area contributed by atoms with Crippen LogP contribution in [0.25, 0.3) is 0 Å². The predicted molar refractivity (Wildman–Crippen MR) is 115 cm³/mol. The molecule has 1 heterocycles. The third-order valence-corrected chi connectivity index (χ3v) is 4.43. The topological polar surface area (TPSA) is 309 Å². The summed E-state index contributed by atoms with van der Waals surface area (Å²) in [6.45, 7) is 0. The van der Waals surface area contributed by atoms with Crippen molar-refractivity contribution in [2.45, 2.75) is 49.9 Å². The molecule has 4 atom stereocenters. The van der Waals surface area contributed by atoms with Gasteiger partial charge in [0, 0.05) is 18.3 Å². The van der Waals surface area contributed by atoms with Crippen molar-refractivity contribution in [1.82, 2.24) is 25.9 Å². The van der Waals surface area contributed by atoms with Crippen molar-refractivity contribution >= 4 is 41.4 Å². The van der Waals surface area contributed by atoms with Gasteiger partial charge in [0.2, 0.25) is 35.4 Å². The highest BCUT2D eigenvalue weighted by molar-refractivity contribution is 5.98. The van der Waals surface area contributed by atoms with Gasteiger partial charge < -0.3 is 49.0 Å². The molecule has 0 saturated carbocycles. The molecule has 0 bridgehead atoms. The van der Waals surface area contributed by atoms with Gasteiger partial charge in [-0.2, -0.15) is 0 Å². The molecule has 192 valence electrons. The van der Waals surface area contributed by atoms with E-state index < -0.39 is 84.8 Å². The molecule has 0 saturated heterocycles. The Morgan fingerprint density at radius 2 is 1.23 bits per heavy atom. The largest absolute Gasteiger partial charge is 0.480 e. The molecular weight excluding hydrogens is 470 g/mol. The van der Waals surface area contributed by atoms with E-state index in [1.807, 2.05) is 5.32 Å². The van der Waals surface area contributed by atoms with Crippen LogP contribution in [0.5, 0.6) is 0 Å². The van der Waals surface area contributed by atoms with E-state index in [1.165, 1.54) is 12.5 Å². The summed E-state index contributed by atoms with van der Waals surface area (Å²) >= 11 is 0. The van der Waals surface area contributed by atoms with Crippen LogP contribution in [0.3, 0.4) is 0 Å². The molecule has 0 aliphatic heterocycles. The van der Waals surface area contributed by atoms with Crippen LogP contribution < -0.4 is 38.9 Å². The molecule has 0 fully saturated rings. The number of carboxylic acids is 1. The Bertz CT molecular complexity index is 965. The standard InChI is InChI=1S/C18H27N9O8/c19-8(1-7-5-23-6-24-7)15(31)25-9(2-12(20)28)16(32)26-10(3-13(21)29)17(33)27-11(18(34)35)4-14(22)30/h5-6,8-11H,1-4,19H2,(H2,20,28)(H2,21,29)(H2,22,30)(H,23,24)(H,25,31)(H,26,32)(H,27,33)(H,34,35). The zero-order valence-corrected chi connectivity index (χ0v) is 18.4. The van der Waals surface area contributed by atoms with Crippen LogP contribution in [-0.2, 0) is 40.0 Å². The maximum atomic E-state index is 12.7. The van der Waals surface area contributed by atoms with Gasteiger partial charge in [0.25, 0.3) is 0 Å². The average Bonchev–Trinajstić information content (AvgIpc) is 3.23. The summed E-state index contributed by atoms with van der Waals surface area (Å²) in [4.78, 5) is 89.3. The van der Waals surface area contributed by atoms with E-state index in [2.05, 4.69) is 20.6 Å². The van der Waals surface area contributed by atoms with Crippen LogP contribution >= 0.6 is 0 Å². The number of H-pyrrole nitrogens is 1. The lowest BCUT2D eigenvalue weighted by Crippen LogP contribution is -2.58. The lowest BCUT2D eigenvalue weighted by Gasteiger charge is -2.24. The highest BCUT2D eigenvalue weighted by Gasteiger charge is 2.32. The number of hydrogen-bond acceptors (Lipinski definition) is 9.